The summed E-state index contributed by atoms with van der Waals surface area (Å²) in [5.74, 6) is -0.175. The SMILES string of the molecule is CCC(C)(N)C(=O)Nc1cccc(-c2nccs2)c1. The van der Waals surface area contributed by atoms with E-state index in [1.54, 1.807) is 24.5 Å². The van der Waals surface area contributed by atoms with Crippen molar-refractivity contribution in [2.24, 2.45) is 5.73 Å². The van der Waals surface area contributed by atoms with Crippen molar-refractivity contribution in [2.75, 3.05) is 5.32 Å². The molecule has 5 heteroatoms. The third-order valence-electron chi connectivity index (χ3n) is 3.05. The van der Waals surface area contributed by atoms with Crippen molar-refractivity contribution >= 4 is 22.9 Å². The third-order valence-corrected chi connectivity index (χ3v) is 3.88. The molecule has 1 heterocycles. The van der Waals surface area contributed by atoms with Crippen LogP contribution in [-0.4, -0.2) is 16.4 Å². The fourth-order valence-corrected chi connectivity index (χ4v) is 2.17. The van der Waals surface area contributed by atoms with Crippen LogP contribution in [0.5, 0.6) is 0 Å². The van der Waals surface area contributed by atoms with Crippen LogP contribution in [-0.2, 0) is 4.79 Å². The Morgan fingerprint density at radius 1 is 1.53 bits per heavy atom. The van der Waals surface area contributed by atoms with E-state index in [2.05, 4.69) is 10.3 Å². The van der Waals surface area contributed by atoms with Gasteiger partial charge in [0.2, 0.25) is 5.91 Å². The summed E-state index contributed by atoms with van der Waals surface area (Å²) in [5, 5.41) is 5.71. The Balaban J connectivity index is 2.19. The van der Waals surface area contributed by atoms with Gasteiger partial charge in [-0.15, -0.1) is 11.3 Å². The fourth-order valence-electron chi connectivity index (χ4n) is 1.53. The maximum atomic E-state index is 12.0. The number of hydrogen-bond donors (Lipinski definition) is 2. The second-order valence-electron chi connectivity index (χ2n) is 4.64. The van der Waals surface area contributed by atoms with Gasteiger partial charge in [0, 0.05) is 22.8 Å². The fraction of sp³-hybridized carbons (Fsp3) is 0.286. The van der Waals surface area contributed by atoms with Crippen LogP contribution < -0.4 is 11.1 Å². The van der Waals surface area contributed by atoms with Crippen LogP contribution in [0.25, 0.3) is 10.6 Å². The van der Waals surface area contributed by atoms with Crippen LogP contribution in [0.1, 0.15) is 20.3 Å². The summed E-state index contributed by atoms with van der Waals surface area (Å²) in [6.07, 6.45) is 2.35. The van der Waals surface area contributed by atoms with Crippen molar-refractivity contribution in [1.29, 1.82) is 0 Å². The zero-order valence-electron chi connectivity index (χ0n) is 11.0. The summed E-state index contributed by atoms with van der Waals surface area (Å²) >= 11 is 1.57. The van der Waals surface area contributed by atoms with E-state index in [-0.39, 0.29) is 5.91 Å². The second kappa shape index (κ2) is 5.50. The number of nitrogens with one attached hydrogen (secondary N) is 1. The molecular formula is C14H17N3OS. The van der Waals surface area contributed by atoms with E-state index in [1.165, 1.54) is 0 Å². The highest BCUT2D eigenvalue weighted by molar-refractivity contribution is 7.13. The number of carbonyl (C=O) groups is 1. The van der Waals surface area contributed by atoms with Gasteiger partial charge < -0.3 is 11.1 Å². The average Bonchev–Trinajstić information content (AvgIpc) is 2.93. The number of amides is 1. The quantitative estimate of drug-likeness (QED) is 0.901. The molecule has 1 aromatic carbocycles. The predicted molar refractivity (Wildman–Crippen MR) is 79.1 cm³/mol. The van der Waals surface area contributed by atoms with Gasteiger partial charge in [0.05, 0.1) is 5.54 Å². The van der Waals surface area contributed by atoms with Gasteiger partial charge in [-0.05, 0) is 25.5 Å². The molecule has 19 heavy (non-hydrogen) atoms. The maximum Gasteiger partial charge on any atom is 0.244 e. The van der Waals surface area contributed by atoms with Crippen LogP contribution >= 0.6 is 11.3 Å². The number of aromatic nitrogens is 1. The highest BCUT2D eigenvalue weighted by Crippen LogP contribution is 2.24. The lowest BCUT2D eigenvalue weighted by molar-refractivity contribution is -0.120. The molecule has 1 unspecified atom stereocenters. The lowest BCUT2D eigenvalue weighted by Crippen LogP contribution is -2.47. The van der Waals surface area contributed by atoms with Crippen LogP contribution in [0, 0.1) is 0 Å². The van der Waals surface area contributed by atoms with Gasteiger partial charge in [0.1, 0.15) is 5.01 Å². The standard InChI is InChI=1S/C14H17N3OS/c1-3-14(2,15)13(18)17-11-6-4-5-10(9-11)12-16-7-8-19-12/h4-9H,3,15H2,1-2H3,(H,17,18). The van der Waals surface area contributed by atoms with E-state index in [4.69, 9.17) is 5.73 Å². The average molecular weight is 275 g/mol. The smallest absolute Gasteiger partial charge is 0.244 e. The molecule has 100 valence electrons. The van der Waals surface area contributed by atoms with Gasteiger partial charge in [0.25, 0.3) is 0 Å². The minimum atomic E-state index is -0.850. The van der Waals surface area contributed by atoms with Gasteiger partial charge in [0.15, 0.2) is 0 Å². The molecule has 0 spiro atoms. The Morgan fingerprint density at radius 3 is 2.95 bits per heavy atom. The monoisotopic (exact) mass is 275 g/mol. The minimum Gasteiger partial charge on any atom is -0.324 e. The molecule has 4 nitrogen and oxygen atoms in total. The zero-order chi connectivity index (χ0) is 13.9. The van der Waals surface area contributed by atoms with E-state index in [1.807, 2.05) is 36.6 Å². The number of benzene rings is 1. The summed E-state index contributed by atoms with van der Waals surface area (Å²) in [7, 11) is 0. The lowest BCUT2D eigenvalue weighted by Gasteiger charge is -2.21. The zero-order valence-corrected chi connectivity index (χ0v) is 11.8. The largest absolute Gasteiger partial charge is 0.324 e. The predicted octanol–water partition coefficient (Wildman–Crippen LogP) is 2.88. The molecule has 1 aromatic heterocycles. The van der Waals surface area contributed by atoms with Gasteiger partial charge in [-0.2, -0.15) is 0 Å². The van der Waals surface area contributed by atoms with Crippen LogP contribution in [0.4, 0.5) is 5.69 Å². The molecule has 2 rings (SSSR count). The van der Waals surface area contributed by atoms with Gasteiger partial charge >= 0.3 is 0 Å². The maximum absolute atomic E-state index is 12.0. The molecule has 0 radical (unpaired) electrons. The number of nitrogens with zero attached hydrogens (tertiary/aromatic N) is 1. The Hall–Kier alpha value is -1.72. The van der Waals surface area contributed by atoms with Crippen LogP contribution in [0.15, 0.2) is 35.8 Å². The Bertz CT molecular complexity index is 564. The first-order valence-corrected chi connectivity index (χ1v) is 7.01. The van der Waals surface area contributed by atoms with E-state index in [9.17, 15) is 4.79 Å². The molecule has 1 atom stereocenters. The molecule has 0 saturated carbocycles. The van der Waals surface area contributed by atoms with Crippen molar-refractivity contribution < 1.29 is 4.79 Å². The van der Waals surface area contributed by atoms with E-state index < -0.39 is 5.54 Å². The number of rotatable bonds is 4. The van der Waals surface area contributed by atoms with Crippen LogP contribution in [0.3, 0.4) is 0 Å². The lowest BCUT2D eigenvalue weighted by atomic mass is 9.99. The number of carbonyl (C=O) groups excluding carboxylic acids is 1. The van der Waals surface area contributed by atoms with Crippen molar-refractivity contribution in [3.63, 3.8) is 0 Å². The first kappa shape index (κ1) is 13.7. The Morgan fingerprint density at radius 2 is 2.32 bits per heavy atom. The van der Waals surface area contributed by atoms with Crippen molar-refractivity contribution in [3.8, 4) is 10.6 Å². The van der Waals surface area contributed by atoms with Gasteiger partial charge in [-0.1, -0.05) is 19.1 Å². The first-order chi connectivity index (χ1) is 9.03. The molecule has 3 N–H and O–H groups in total. The number of thiazole rings is 1. The molecule has 2 aromatic rings. The first-order valence-electron chi connectivity index (χ1n) is 6.13. The third kappa shape index (κ3) is 3.19. The summed E-state index contributed by atoms with van der Waals surface area (Å²) < 4.78 is 0. The highest BCUT2D eigenvalue weighted by Gasteiger charge is 2.25. The molecule has 1 amide bonds. The molecule has 0 saturated heterocycles. The van der Waals surface area contributed by atoms with Crippen molar-refractivity contribution in [3.05, 3.63) is 35.8 Å². The van der Waals surface area contributed by atoms with Crippen LogP contribution in [0.2, 0.25) is 0 Å². The normalized spacial score (nSPS) is 13.8. The summed E-state index contributed by atoms with van der Waals surface area (Å²) in [6, 6.07) is 7.62. The number of anilines is 1. The van der Waals surface area contributed by atoms with E-state index in [0.717, 1.165) is 16.3 Å². The van der Waals surface area contributed by atoms with E-state index in [0.29, 0.717) is 6.42 Å². The molecule has 0 fully saturated rings. The van der Waals surface area contributed by atoms with Crippen molar-refractivity contribution in [1.82, 2.24) is 4.98 Å². The Labute approximate surface area is 116 Å². The minimum absolute atomic E-state index is 0.175. The van der Waals surface area contributed by atoms with Gasteiger partial charge in [-0.25, -0.2) is 4.98 Å². The Kier molecular flexibility index (Phi) is 3.97. The molecule has 0 aliphatic heterocycles. The van der Waals surface area contributed by atoms with E-state index >= 15 is 0 Å². The topological polar surface area (TPSA) is 68.0 Å². The highest BCUT2D eigenvalue weighted by atomic mass is 32.1. The van der Waals surface area contributed by atoms with Crippen molar-refractivity contribution in [2.45, 2.75) is 25.8 Å². The number of hydrogen-bond acceptors (Lipinski definition) is 4. The summed E-state index contributed by atoms with van der Waals surface area (Å²) in [4.78, 5) is 16.3. The summed E-state index contributed by atoms with van der Waals surface area (Å²) in [5.41, 5.74) is 6.80. The molecule has 0 aliphatic carbocycles. The molecule has 0 bridgehead atoms. The molecule has 0 aliphatic rings. The second-order valence-corrected chi connectivity index (χ2v) is 5.54. The van der Waals surface area contributed by atoms with Gasteiger partial charge in [-0.3, -0.25) is 4.79 Å². The molecular weight excluding hydrogens is 258 g/mol. The number of nitrogens with two attached hydrogens (primary N) is 1. The summed E-state index contributed by atoms with van der Waals surface area (Å²) in [6.45, 7) is 3.62.